The average molecular weight is 1240 g/mol. The number of ether oxygens (including phenoxy) is 12. The Bertz CT molecular complexity index is 1990. The number of hydrogen-bond acceptors (Lipinski definition) is 17. The van der Waals surface area contributed by atoms with Crippen molar-refractivity contribution in [1.29, 1.82) is 0 Å². The van der Waals surface area contributed by atoms with E-state index in [1.54, 1.807) is 5.57 Å². The molecule has 5 N–H and O–H groups in total. The van der Waals surface area contributed by atoms with E-state index in [2.05, 4.69) is 72.9 Å². The number of hydrogen-bond donors (Lipinski definition) is 5. The first-order valence-electron chi connectivity index (χ1n) is 32.4. The molecule has 3 aliphatic carbocycles. The Morgan fingerprint density at radius 3 is 1.70 bits per heavy atom. The Hall–Kier alpha value is -3.00. The van der Waals surface area contributed by atoms with Crippen LogP contribution in [0.5, 0.6) is 0 Å². The molecule has 0 aromatic carbocycles. The van der Waals surface area contributed by atoms with Crippen LogP contribution in [-0.4, -0.2) is 223 Å². The zero-order valence-corrected chi connectivity index (χ0v) is 54.0. The van der Waals surface area contributed by atoms with Gasteiger partial charge >= 0.3 is 6.03 Å². The van der Waals surface area contributed by atoms with Crippen LogP contribution in [0.4, 0.5) is 4.79 Å². The van der Waals surface area contributed by atoms with Gasteiger partial charge in [0.15, 0.2) is 0 Å². The minimum atomic E-state index is -0.710. The summed E-state index contributed by atoms with van der Waals surface area (Å²) in [6, 6.07) is 0.494. The third kappa shape index (κ3) is 29.8. The largest absolute Gasteiger partial charge is 0.390 e. The number of aliphatic hydroxyl groups is 1. The third-order valence-corrected chi connectivity index (χ3v) is 18.8. The predicted molar refractivity (Wildman–Crippen MR) is 334 cm³/mol. The Balaban J connectivity index is 0.687. The molecule has 5 aliphatic rings. The lowest BCUT2D eigenvalue weighted by molar-refractivity contribution is -0.123. The van der Waals surface area contributed by atoms with Crippen molar-refractivity contribution in [3.05, 3.63) is 47.6 Å². The lowest BCUT2D eigenvalue weighted by Gasteiger charge is -2.44. The molecule has 5 fully saturated rings. The van der Waals surface area contributed by atoms with Gasteiger partial charge in [0.2, 0.25) is 11.8 Å². The first-order chi connectivity index (χ1) is 41.7. The molecule has 0 aromatic rings. The molecule has 0 radical (unpaired) electrons. The minimum Gasteiger partial charge on any atom is -0.390 e. The van der Waals surface area contributed by atoms with Crippen LogP contribution in [0.2, 0.25) is 0 Å². The average Bonchev–Trinajstić information content (AvgIpc) is 1.67. The molecule has 2 saturated heterocycles. The van der Waals surface area contributed by atoms with Gasteiger partial charge in [0.05, 0.1) is 176 Å². The second-order valence-corrected chi connectivity index (χ2v) is 25.4. The molecule has 2 aliphatic heterocycles. The zero-order valence-electron chi connectivity index (χ0n) is 53.2. The summed E-state index contributed by atoms with van der Waals surface area (Å²) in [5.74, 6) is 2.85. The molecule has 0 spiro atoms. The van der Waals surface area contributed by atoms with Crippen molar-refractivity contribution in [3.63, 3.8) is 0 Å². The Morgan fingerprint density at radius 2 is 1.17 bits per heavy atom. The van der Waals surface area contributed by atoms with E-state index in [9.17, 15) is 19.5 Å². The van der Waals surface area contributed by atoms with E-state index >= 15 is 0 Å². The minimum absolute atomic E-state index is 0.0154. The van der Waals surface area contributed by atoms with Crippen LogP contribution >= 0.6 is 11.8 Å². The van der Waals surface area contributed by atoms with E-state index in [4.69, 9.17) is 56.8 Å². The van der Waals surface area contributed by atoms with Gasteiger partial charge in [-0.05, 0) is 107 Å². The number of fused-ring (bicyclic) bond motifs is 2. The molecular formula is C65H112N4O16S. The van der Waals surface area contributed by atoms with Crippen LogP contribution in [0.15, 0.2) is 47.6 Å². The third-order valence-electron chi connectivity index (χ3n) is 17.3. The summed E-state index contributed by atoms with van der Waals surface area (Å²) in [5.41, 5.74) is 3.60. The molecule has 3 saturated carbocycles. The number of carbonyl (C=O) groups excluding carboxylic acids is 3. The zero-order chi connectivity index (χ0) is 61.5. The summed E-state index contributed by atoms with van der Waals surface area (Å²) in [6.07, 6.45) is 21.7. The number of carbonyl (C=O) groups is 3. The van der Waals surface area contributed by atoms with E-state index in [-0.39, 0.29) is 41.9 Å². The summed E-state index contributed by atoms with van der Waals surface area (Å²) in [6.45, 7) is 26.7. The number of unbranched alkanes of at least 4 members (excludes halogenated alkanes) is 1. The van der Waals surface area contributed by atoms with Gasteiger partial charge < -0.3 is 83.2 Å². The number of rotatable bonds is 50. The maximum absolute atomic E-state index is 12.9. The number of nitrogens with one attached hydrogen (secondary N) is 4. The highest BCUT2D eigenvalue weighted by atomic mass is 32.2. The molecule has 0 bridgehead atoms. The highest BCUT2D eigenvalue weighted by molar-refractivity contribution is 8.00. The van der Waals surface area contributed by atoms with Crippen molar-refractivity contribution >= 4 is 29.6 Å². The molecule has 21 heteroatoms. The molecule has 0 aromatic heterocycles. The Morgan fingerprint density at radius 1 is 0.663 bits per heavy atom. The number of allylic oxidation sites excluding steroid dienone is 5. The predicted octanol–water partition coefficient (Wildman–Crippen LogP) is 7.31. The van der Waals surface area contributed by atoms with Crippen LogP contribution in [0.25, 0.3) is 0 Å². The van der Waals surface area contributed by atoms with Crippen molar-refractivity contribution in [1.82, 2.24) is 21.3 Å². The Kier molecular flexibility index (Phi) is 37.4. The van der Waals surface area contributed by atoms with E-state index in [1.807, 2.05) is 25.6 Å². The quantitative estimate of drug-likeness (QED) is 0.0228. The standard InChI is InChI=1S/C65H112N4O16S/c1-50-14-18-55(48-54(50)17-16-53-10-9-22-65(6)56(19-20-57(53)65)51(2)13-15-52(3)64(4,5)73)67-61(71)21-24-74-26-28-76-30-32-78-34-36-80-38-40-82-42-44-84-46-47-85-45-43-83-41-39-81-37-35-79-33-31-77-29-27-75-25-23-66-60(70)12-8-7-11-59-62-58(49-86-59)68-63(72)69-62/h13,15-17,51-52,55-59,62,73H,1,7-12,14,18-49H2,2-6H3,(H,66,70)(H,67,71)(H2,68,69,72)/b15-13+,53-16+,54-17-/t51?,52?,55-,56-,57?,58+,59+,62+,65-/m1/s1. The molecule has 5 rings (SSSR count). The maximum atomic E-state index is 12.9. The highest BCUT2D eigenvalue weighted by Gasteiger charge is 2.50. The maximum Gasteiger partial charge on any atom is 0.315 e. The van der Waals surface area contributed by atoms with Crippen LogP contribution < -0.4 is 21.3 Å². The summed E-state index contributed by atoms with van der Waals surface area (Å²) in [5, 5.41) is 23.0. The molecule has 9 atom stereocenters. The van der Waals surface area contributed by atoms with E-state index < -0.39 is 5.60 Å². The second-order valence-electron chi connectivity index (χ2n) is 24.1. The monoisotopic (exact) mass is 1240 g/mol. The van der Waals surface area contributed by atoms with Gasteiger partial charge in [-0.1, -0.05) is 69.2 Å². The normalized spacial score (nSPS) is 24.8. The fourth-order valence-corrected chi connectivity index (χ4v) is 13.5. The van der Waals surface area contributed by atoms with Gasteiger partial charge in [-0.25, -0.2) is 4.79 Å². The number of amides is 4. The van der Waals surface area contributed by atoms with Crippen LogP contribution in [0.3, 0.4) is 0 Å². The van der Waals surface area contributed by atoms with Crippen molar-refractivity contribution in [3.8, 4) is 0 Å². The van der Waals surface area contributed by atoms with Crippen LogP contribution in [0.1, 0.15) is 118 Å². The van der Waals surface area contributed by atoms with E-state index in [0.29, 0.717) is 206 Å². The van der Waals surface area contributed by atoms with E-state index in [0.717, 1.165) is 50.7 Å². The van der Waals surface area contributed by atoms with Gasteiger partial charge in [-0.3, -0.25) is 9.59 Å². The van der Waals surface area contributed by atoms with Gasteiger partial charge in [0.25, 0.3) is 0 Å². The SMILES string of the molecule is C=C1CC[C@@H](NC(=O)CCOCCOCCOCCOCCOCCOCCOCCOCCOCCOCCOCCOCCNC(=O)CCCC[C@@H]2SC[C@@H]3NC(=O)N[C@@H]32)C/C1=C/C=C1\CCC[C@@]2(C)C1CC[C@@H]2C(C)/C=C/C(C)C(C)(C)O. The molecule has 86 heavy (non-hydrogen) atoms. The van der Waals surface area contributed by atoms with Crippen molar-refractivity contribution in [2.75, 3.05) is 171 Å². The first-order valence-corrected chi connectivity index (χ1v) is 33.5. The van der Waals surface area contributed by atoms with Crippen LogP contribution in [-0.2, 0) is 66.4 Å². The molecular weight excluding hydrogens is 1120 g/mol. The van der Waals surface area contributed by atoms with Gasteiger partial charge in [0, 0.05) is 42.3 Å². The lowest BCUT2D eigenvalue weighted by Crippen LogP contribution is -2.37. The Labute approximate surface area is 519 Å². The summed E-state index contributed by atoms with van der Waals surface area (Å²) in [4.78, 5) is 36.5. The molecule has 494 valence electrons. The summed E-state index contributed by atoms with van der Waals surface area (Å²) < 4.78 is 66.8. The molecule has 20 nitrogen and oxygen atoms in total. The van der Waals surface area contributed by atoms with Gasteiger partial charge in [-0.15, -0.1) is 0 Å². The van der Waals surface area contributed by atoms with Crippen LogP contribution in [0, 0.1) is 29.1 Å². The number of thioether (sulfide) groups is 1. The van der Waals surface area contributed by atoms with Gasteiger partial charge in [0.1, 0.15) is 0 Å². The van der Waals surface area contributed by atoms with Crippen molar-refractivity contribution in [2.45, 2.75) is 147 Å². The second kappa shape index (κ2) is 43.7. The highest BCUT2D eigenvalue weighted by Crippen LogP contribution is 2.59. The summed E-state index contributed by atoms with van der Waals surface area (Å²) in [7, 11) is 0. The number of urea groups is 1. The lowest BCUT2D eigenvalue weighted by atomic mass is 9.61. The topological polar surface area (TPSA) is 230 Å². The molecule has 2 heterocycles. The summed E-state index contributed by atoms with van der Waals surface area (Å²) >= 11 is 1.90. The van der Waals surface area contributed by atoms with E-state index in [1.165, 1.54) is 36.8 Å². The first kappa shape index (κ1) is 73.7. The smallest absolute Gasteiger partial charge is 0.315 e. The van der Waals surface area contributed by atoms with Crippen molar-refractivity contribution in [2.24, 2.45) is 29.1 Å². The molecule has 4 amide bonds. The fourth-order valence-electron chi connectivity index (χ4n) is 12.0. The van der Waals surface area contributed by atoms with Gasteiger partial charge in [-0.2, -0.15) is 11.8 Å². The fraction of sp³-hybridized carbons (Fsp3) is 0.831. The van der Waals surface area contributed by atoms with Crippen molar-refractivity contribution < 1.29 is 76.3 Å². The molecule has 3 unspecified atom stereocenters.